The van der Waals surface area contributed by atoms with Gasteiger partial charge >= 0.3 is 6.18 Å². The SMILES string of the molecule is Cn1cc(Cc2ccccc2)c2c3c(N)nc(N)nc3c(Cc3ccccc3)c(-c3ccccc3C(F)(F)F)c21. The van der Waals surface area contributed by atoms with E-state index in [0.29, 0.717) is 40.4 Å². The second kappa shape index (κ2) is 9.72. The molecule has 4 aromatic carbocycles. The lowest BCUT2D eigenvalue weighted by molar-refractivity contribution is -0.137. The molecule has 0 aliphatic rings. The van der Waals surface area contributed by atoms with Crippen molar-refractivity contribution in [3.63, 3.8) is 0 Å². The number of hydrogen-bond acceptors (Lipinski definition) is 4. The largest absolute Gasteiger partial charge is 0.417 e. The molecule has 0 spiro atoms. The molecule has 6 aromatic rings. The maximum Gasteiger partial charge on any atom is 0.417 e. The molecule has 0 saturated carbocycles. The van der Waals surface area contributed by atoms with E-state index in [1.54, 1.807) is 6.07 Å². The molecule has 0 atom stereocenters. The predicted molar refractivity (Wildman–Crippen MR) is 154 cm³/mol. The highest BCUT2D eigenvalue weighted by atomic mass is 19.4. The molecule has 2 heterocycles. The van der Waals surface area contributed by atoms with Crippen molar-refractivity contribution in [1.29, 1.82) is 0 Å². The molecule has 0 radical (unpaired) electrons. The average molecular weight is 538 g/mol. The topological polar surface area (TPSA) is 82.8 Å². The number of nitrogens with two attached hydrogens (primary N) is 2. The molecule has 2 aromatic heterocycles. The van der Waals surface area contributed by atoms with Crippen LogP contribution in [0.15, 0.2) is 91.1 Å². The van der Waals surface area contributed by atoms with Crippen LogP contribution in [0.4, 0.5) is 24.9 Å². The average Bonchev–Trinajstić information content (AvgIpc) is 3.24. The Morgan fingerprint density at radius 1 is 0.750 bits per heavy atom. The van der Waals surface area contributed by atoms with E-state index >= 15 is 0 Å². The number of nitrogens with zero attached hydrogens (tertiary/aromatic N) is 3. The van der Waals surface area contributed by atoms with Crippen LogP contribution in [-0.4, -0.2) is 14.5 Å². The van der Waals surface area contributed by atoms with Crippen LogP contribution in [0.1, 0.15) is 27.8 Å². The molecular formula is C32H26F3N5. The summed E-state index contributed by atoms with van der Waals surface area (Å²) in [6, 6.07) is 25.2. The van der Waals surface area contributed by atoms with Crippen LogP contribution < -0.4 is 11.5 Å². The molecule has 5 nitrogen and oxygen atoms in total. The zero-order chi connectivity index (χ0) is 28.0. The van der Waals surface area contributed by atoms with Crippen molar-refractivity contribution in [2.24, 2.45) is 7.05 Å². The van der Waals surface area contributed by atoms with E-state index in [4.69, 9.17) is 11.5 Å². The van der Waals surface area contributed by atoms with Crippen molar-refractivity contribution in [2.45, 2.75) is 19.0 Å². The van der Waals surface area contributed by atoms with Gasteiger partial charge in [0, 0.05) is 30.6 Å². The third-order valence-electron chi connectivity index (χ3n) is 7.25. The van der Waals surface area contributed by atoms with E-state index in [9.17, 15) is 13.2 Å². The third-order valence-corrected chi connectivity index (χ3v) is 7.25. The van der Waals surface area contributed by atoms with Gasteiger partial charge < -0.3 is 16.0 Å². The fourth-order valence-electron chi connectivity index (χ4n) is 5.65. The summed E-state index contributed by atoms with van der Waals surface area (Å²) in [5.74, 6) is 0.159. The third kappa shape index (κ3) is 4.41. The van der Waals surface area contributed by atoms with Gasteiger partial charge in [0.1, 0.15) is 5.82 Å². The number of hydrogen-bond donors (Lipinski definition) is 2. The highest BCUT2D eigenvalue weighted by Gasteiger charge is 2.35. The van der Waals surface area contributed by atoms with Gasteiger partial charge in [0.05, 0.1) is 22.0 Å². The molecule has 40 heavy (non-hydrogen) atoms. The molecule has 0 aliphatic heterocycles. The standard InChI is InChI=1S/C32H26F3N5/c1-40-18-21(16-19-10-4-2-5-11-19)25-27-28(38-31(37)39-30(27)36)23(17-20-12-6-3-7-13-20)26(29(25)40)22-14-8-9-15-24(22)32(33,34)35/h2-15,18H,16-17H2,1H3,(H4,36,37,38,39). The zero-order valence-corrected chi connectivity index (χ0v) is 21.7. The van der Waals surface area contributed by atoms with Crippen LogP contribution in [0, 0.1) is 0 Å². The lowest BCUT2D eigenvalue weighted by atomic mass is 9.87. The van der Waals surface area contributed by atoms with Gasteiger partial charge in [0.25, 0.3) is 0 Å². The van der Waals surface area contributed by atoms with Gasteiger partial charge in [-0.1, -0.05) is 78.9 Å². The molecule has 4 N–H and O–H groups in total. The number of aryl methyl sites for hydroxylation is 1. The van der Waals surface area contributed by atoms with E-state index in [-0.39, 0.29) is 17.3 Å². The van der Waals surface area contributed by atoms with Gasteiger partial charge in [-0.25, -0.2) is 4.98 Å². The summed E-state index contributed by atoms with van der Waals surface area (Å²) in [6.45, 7) is 0. The van der Waals surface area contributed by atoms with Gasteiger partial charge in [0.15, 0.2) is 0 Å². The van der Waals surface area contributed by atoms with Crippen molar-refractivity contribution in [1.82, 2.24) is 14.5 Å². The number of aromatic nitrogens is 3. The Balaban J connectivity index is 1.80. The molecular weight excluding hydrogens is 511 g/mol. The Labute approximate surface area is 228 Å². The molecule has 0 fully saturated rings. The second-order valence-corrected chi connectivity index (χ2v) is 9.90. The van der Waals surface area contributed by atoms with Crippen molar-refractivity contribution < 1.29 is 13.2 Å². The first kappa shape index (κ1) is 25.4. The monoisotopic (exact) mass is 537 g/mol. The van der Waals surface area contributed by atoms with Gasteiger partial charge in [-0.2, -0.15) is 18.2 Å². The Kier molecular flexibility index (Phi) is 6.18. The van der Waals surface area contributed by atoms with Crippen molar-refractivity contribution >= 4 is 33.6 Å². The number of nitrogen functional groups attached to an aromatic ring is 2. The van der Waals surface area contributed by atoms with Gasteiger partial charge in [-0.05, 0) is 40.3 Å². The minimum absolute atomic E-state index is 0.0331. The van der Waals surface area contributed by atoms with E-state index in [0.717, 1.165) is 28.1 Å². The van der Waals surface area contributed by atoms with Crippen LogP contribution in [-0.2, 0) is 26.1 Å². The van der Waals surface area contributed by atoms with Crippen molar-refractivity contribution in [2.75, 3.05) is 11.5 Å². The highest BCUT2D eigenvalue weighted by molar-refractivity contribution is 6.19. The Morgan fingerprint density at radius 2 is 1.35 bits per heavy atom. The molecule has 6 rings (SSSR count). The fraction of sp³-hybridized carbons (Fsp3) is 0.125. The van der Waals surface area contributed by atoms with Gasteiger partial charge in [-0.15, -0.1) is 0 Å². The van der Waals surface area contributed by atoms with E-state index in [1.807, 2.05) is 78.5 Å². The number of rotatable bonds is 5. The molecule has 0 saturated heterocycles. The number of halogens is 3. The summed E-state index contributed by atoms with van der Waals surface area (Å²) in [6.07, 6.45) is -1.73. The molecule has 0 unspecified atom stereocenters. The van der Waals surface area contributed by atoms with Crippen LogP contribution in [0.3, 0.4) is 0 Å². The lowest BCUT2D eigenvalue weighted by Crippen LogP contribution is -2.10. The first-order chi connectivity index (χ1) is 19.2. The van der Waals surface area contributed by atoms with Crippen LogP contribution in [0.25, 0.3) is 32.9 Å². The quantitative estimate of drug-likeness (QED) is 0.245. The molecule has 0 bridgehead atoms. The number of benzene rings is 4. The molecule has 8 heteroatoms. The summed E-state index contributed by atoms with van der Waals surface area (Å²) in [5.41, 5.74) is 17.0. The Hall–Kier alpha value is -4.85. The smallest absolute Gasteiger partial charge is 0.383 e. The maximum absolute atomic E-state index is 14.5. The van der Waals surface area contributed by atoms with Crippen LogP contribution >= 0.6 is 0 Å². The normalized spacial score (nSPS) is 11.9. The summed E-state index contributed by atoms with van der Waals surface area (Å²) in [7, 11) is 1.85. The van der Waals surface area contributed by atoms with Crippen molar-refractivity contribution in [3.8, 4) is 11.1 Å². The fourth-order valence-corrected chi connectivity index (χ4v) is 5.65. The number of anilines is 2. The number of fused-ring (bicyclic) bond motifs is 3. The van der Waals surface area contributed by atoms with Gasteiger partial charge in [-0.3, -0.25) is 0 Å². The first-order valence-corrected chi connectivity index (χ1v) is 12.8. The van der Waals surface area contributed by atoms with Crippen molar-refractivity contribution in [3.05, 3.63) is 119 Å². The first-order valence-electron chi connectivity index (χ1n) is 12.8. The maximum atomic E-state index is 14.5. The van der Waals surface area contributed by atoms with E-state index in [1.165, 1.54) is 12.1 Å². The minimum Gasteiger partial charge on any atom is -0.383 e. The molecule has 200 valence electrons. The predicted octanol–water partition coefficient (Wildman–Crippen LogP) is 7.15. The van der Waals surface area contributed by atoms with Gasteiger partial charge in [0.2, 0.25) is 5.95 Å². The van der Waals surface area contributed by atoms with E-state index < -0.39 is 11.7 Å². The Bertz CT molecular complexity index is 1860. The van der Waals surface area contributed by atoms with Crippen LogP contribution in [0.5, 0.6) is 0 Å². The van der Waals surface area contributed by atoms with Crippen LogP contribution in [0.2, 0.25) is 0 Å². The summed E-state index contributed by atoms with van der Waals surface area (Å²) in [5, 5.41) is 1.32. The summed E-state index contributed by atoms with van der Waals surface area (Å²) in [4.78, 5) is 8.89. The second-order valence-electron chi connectivity index (χ2n) is 9.90. The van der Waals surface area contributed by atoms with E-state index in [2.05, 4.69) is 9.97 Å². The molecule has 0 amide bonds. The highest BCUT2D eigenvalue weighted by Crippen LogP contribution is 2.46. The number of alkyl halides is 3. The molecule has 0 aliphatic carbocycles. The zero-order valence-electron chi connectivity index (χ0n) is 21.7. The summed E-state index contributed by atoms with van der Waals surface area (Å²) < 4.78 is 45.3. The Morgan fingerprint density at radius 3 is 2.00 bits per heavy atom. The lowest BCUT2D eigenvalue weighted by Gasteiger charge is -2.21. The minimum atomic E-state index is -4.57. The summed E-state index contributed by atoms with van der Waals surface area (Å²) >= 11 is 0.